The average molecular weight is 280 g/mol. The Bertz CT molecular complexity index is 543. The SMILES string of the molecule is Cc1cc(-c2nn(C)c(N)c2C)ccc1Br. The van der Waals surface area contributed by atoms with Gasteiger partial charge in [0.15, 0.2) is 0 Å². The van der Waals surface area contributed by atoms with Gasteiger partial charge in [0.2, 0.25) is 0 Å². The molecule has 0 saturated carbocycles. The summed E-state index contributed by atoms with van der Waals surface area (Å²) < 4.78 is 2.82. The van der Waals surface area contributed by atoms with Crippen LogP contribution in [0.25, 0.3) is 11.3 Å². The van der Waals surface area contributed by atoms with E-state index in [9.17, 15) is 0 Å². The number of aromatic nitrogens is 2. The van der Waals surface area contributed by atoms with Crippen LogP contribution in [0.4, 0.5) is 5.82 Å². The van der Waals surface area contributed by atoms with Crippen molar-refractivity contribution in [3.8, 4) is 11.3 Å². The zero-order valence-corrected chi connectivity index (χ0v) is 11.2. The summed E-state index contributed by atoms with van der Waals surface area (Å²) in [6.07, 6.45) is 0. The van der Waals surface area contributed by atoms with E-state index in [0.29, 0.717) is 0 Å². The molecule has 0 amide bonds. The quantitative estimate of drug-likeness (QED) is 0.872. The Morgan fingerprint density at radius 1 is 1.31 bits per heavy atom. The fourth-order valence-electron chi connectivity index (χ4n) is 1.71. The van der Waals surface area contributed by atoms with Gasteiger partial charge in [-0.15, -0.1) is 0 Å². The largest absolute Gasteiger partial charge is 0.384 e. The smallest absolute Gasteiger partial charge is 0.124 e. The number of benzene rings is 1. The number of anilines is 1. The third kappa shape index (κ3) is 1.73. The summed E-state index contributed by atoms with van der Waals surface area (Å²) in [5.74, 6) is 0.718. The minimum atomic E-state index is 0.718. The molecule has 0 spiro atoms. The second kappa shape index (κ2) is 3.94. The molecule has 0 aliphatic rings. The monoisotopic (exact) mass is 279 g/mol. The van der Waals surface area contributed by atoms with Crippen LogP contribution in [-0.4, -0.2) is 9.78 Å². The first-order valence-electron chi connectivity index (χ1n) is 5.06. The lowest BCUT2D eigenvalue weighted by atomic mass is 10.1. The number of nitrogens with two attached hydrogens (primary N) is 1. The maximum absolute atomic E-state index is 5.90. The summed E-state index contributed by atoms with van der Waals surface area (Å²) in [4.78, 5) is 0. The lowest BCUT2D eigenvalue weighted by molar-refractivity contribution is 0.782. The zero-order valence-electron chi connectivity index (χ0n) is 9.58. The molecule has 2 N–H and O–H groups in total. The van der Waals surface area contributed by atoms with E-state index in [4.69, 9.17) is 5.73 Å². The Kier molecular flexibility index (Phi) is 2.76. The van der Waals surface area contributed by atoms with Crippen molar-refractivity contribution in [2.75, 3.05) is 5.73 Å². The van der Waals surface area contributed by atoms with Crippen LogP contribution in [0.1, 0.15) is 11.1 Å². The maximum Gasteiger partial charge on any atom is 0.124 e. The fourth-order valence-corrected chi connectivity index (χ4v) is 1.96. The molecule has 16 heavy (non-hydrogen) atoms. The van der Waals surface area contributed by atoms with Crippen molar-refractivity contribution < 1.29 is 0 Å². The van der Waals surface area contributed by atoms with Gasteiger partial charge in [-0.25, -0.2) is 0 Å². The first kappa shape index (κ1) is 11.2. The number of hydrogen-bond donors (Lipinski definition) is 1. The zero-order chi connectivity index (χ0) is 11.9. The lowest BCUT2D eigenvalue weighted by Gasteiger charge is -2.02. The molecule has 3 nitrogen and oxygen atoms in total. The van der Waals surface area contributed by atoms with Crippen LogP contribution in [0, 0.1) is 13.8 Å². The Morgan fingerprint density at radius 3 is 2.50 bits per heavy atom. The van der Waals surface area contributed by atoms with Crippen LogP contribution in [0.15, 0.2) is 22.7 Å². The van der Waals surface area contributed by atoms with E-state index in [1.54, 1.807) is 4.68 Å². The normalized spacial score (nSPS) is 10.8. The molecule has 2 aromatic rings. The van der Waals surface area contributed by atoms with E-state index in [1.807, 2.05) is 26.1 Å². The molecule has 4 heteroatoms. The molecule has 0 aliphatic heterocycles. The van der Waals surface area contributed by atoms with Crippen LogP contribution >= 0.6 is 15.9 Å². The van der Waals surface area contributed by atoms with Crippen molar-refractivity contribution in [1.82, 2.24) is 9.78 Å². The predicted molar refractivity (Wildman–Crippen MR) is 70.2 cm³/mol. The van der Waals surface area contributed by atoms with Crippen LogP contribution in [0.5, 0.6) is 0 Å². The molecule has 0 unspecified atom stereocenters. The second-order valence-electron chi connectivity index (χ2n) is 3.95. The maximum atomic E-state index is 5.90. The minimum absolute atomic E-state index is 0.718. The second-order valence-corrected chi connectivity index (χ2v) is 4.80. The van der Waals surface area contributed by atoms with Crippen molar-refractivity contribution >= 4 is 21.7 Å². The van der Waals surface area contributed by atoms with Gasteiger partial charge in [-0.1, -0.05) is 22.0 Å². The van der Waals surface area contributed by atoms with Crippen molar-refractivity contribution in [2.24, 2.45) is 7.05 Å². The summed E-state index contributed by atoms with van der Waals surface area (Å²) in [6, 6.07) is 6.19. The molecular weight excluding hydrogens is 266 g/mol. The first-order chi connectivity index (χ1) is 7.50. The summed E-state index contributed by atoms with van der Waals surface area (Å²) >= 11 is 3.49. The molecule has 0 atom stereocenters. The van der Waals surface area contributed by atoms with Crippen molar-refractivity contribution in [3.63, 3.8) is 0 Å². The Labute approximate surface area is 103 Å². The Balaban J connectivity index is 2.59. The van der Waals surface area contributed by atoms with Gasteiger partial charge in [-0.05, 0) is 31.5 Å². The molecule has 0 bridgehead atoms. The highest BCUT2D eigenvalue weighted by Crippen LogP contribution is 2.28. The molecule has 1 aromatic heterocycles. The molecule has 0 fully saturated rings. The molecule has 0 saturated heterocycles. The van der Waals surface area contributed by atoms with Gasteiger partial charge in [0, 0.05) is 22.6 Å². The standard InChI is InChI=1S/C12H14BrN3/c1-7-6-9(4-5-10(7)13)11-8(2)12(14)16(3)15-11/h4-6H,14H2,1-3H3. The van der Waals surface area contributed by atoms with Gasteiger partial charge in [0.25, 0.3) is 0 Å². The Hall–Kier alpha value is -1.29. The number of rotatable bonds is 1. The lowest BCUT2D eigenvalue weighted by Crippen LogP contribution is -1.97. The van der Waals surface area contributed by atoms with Crippen molar-refractivity contribution in [1.29, 1.82) is 0 Å². The summed E-state index contributed by atoms with van der Waals surface area (Å²) in [6.45, 7) is 4.06. The van der Waals surface area contributed by atoms with Gasteiger partial charge in [-0.3, -0.25) is 4.68 Å². The summed E-state index contributed by atoms with van der Waals surface area (Å²) in [5.41, 5.74) is 10.2. The summed E-state index contributed by atoms with van der Waals surface area (Å²) in [5, 5.41) is 4.43. The van der Waals surface area contributed by atoms with E-state index in [2.05, 4.69) is 34.0 Å². The third-order valence-corrected chi connectivity index (χ3v) is 3.66. The van der Waals surface area contributed by atoms with E-state index in [0.717, 1.165) is 27.1 Å². The number of aryl methyl sites for hydroxylation is 2. The third-order valence-electron chi connectivity index (χ3n) is 2.77. The van der Waals surface area contributed by atoms with E-state index >= 15 is 0 Å². The molecule has 84 valence electrons. The molecule has 2 rings (SSSR count). The van der Waals surface area contributed by atoms with Gasteiger partial charge in [0.05, 0.1) is 5.69 Å². The highest BCUT2D eigenvalue weighted by Gasteiger charge is 2.11. The van der Waals surface area contributed by atoms with Gasteiger partial charge >= 0.3 is 0 Å². The van der Waals surface area contributed by atoms with Crippen LogP contribution in [0.2, 0.25) is 0 Å². The van der Waals surface area contributed by atoms with Crippen molar-refractivity contribution in [2.45, 2.75) is 13.8 Å². The van der Waals surface area contributed by atoms with Gasteiger partial charge in [0.1, 0.15) is 5.82 Å². The highest BCUT2D eigenvalue weighted by molar-refractivity contribution is 9.10. The Morgan fingerprint density at radius 2 is 2.00 bits per heavy atom. The molecule has 0 radical (unpaired) electrons. The topological polar surface area (TPSA) is 43.8 Å². The van der Waals surface area contributed by atoms with Crippen molar-refractivity contribution in [3.05, 3.63) is 33.8 Å². The van der Waals surface area contributed by atoms with E-state index in [-0.39, 0.29) is 0 Å². The molecular formula is C12H14BrN3. The number of hydrogen-bond acceptors (Lipinski definition) is 2. The number of nitrogen functional groups attached to an aromatic ring is 1. The molecule has 1 heterocycles. The predicted octanol–water partition coefficient (Wildman–Crippen LogP) is 3.05. The van der Waals surface area contributed by atoms with Gasteiger partial charge in [-0.2, -0.15) is 5.10 Å². The van der Waals surface area contributed by atoms with E-state index < -0.39 is 0 Å². The minimum Gasteiger partial charge on any atom is -0.384 e. The molecule has 0 aliphatic carbocycles. The van der Waals surface area contributed by atoms with Gasteiger partial charge < -0.3 is 5.73 Å². The average Bonchev–Trinajstić information content (AvgIpc) is 2.50. The van der Waals surface area contributed by atoms with Crippen LogP contribution in [0.3, 0.4) is 0 Å². The fraction of sp³-hybridized carbons (Fsp3) is 0.250. The summed E-state index contributed by atoms with van der Waals surface area (Å²) in [7, 11) is 1.86. The first-order valence-corrected chi connectivity index (χ1v) is 5.85. The highest BCUT2D eigenvalue weighted by atomic mass is 79.9. The van der Waals surface area contributed by atoms with Crippen LogP contribution in [-0.2, 0) is 7.05 Å². The number of halogens is 1. The molecule has 1 aromatic carbocycles. The van der Waals surface area contributed by atoms with Crippen LogP contribution < -0.4 is 5.73 Å². The van der Waals surface area contributed by atoms with E-state index in [1.165, 1.54) is 5.56 Å². The number of nitrogens with zero attached hydrogens (tertiary/aromatic N) is 2.